The van der Waals surface area contributed by atoms with Gasteiger partial charge >= 0.3 is 0 Å². The summed E-state index contributed by atoms with van der Waals surface area (Å²) in [4.78, 5) is 0. The molecule has 0 bridgehead atoms. The Bertz CT molecular complexity index is 379. The molecule has 1 aromatic carbocycles. The average Bonchev–Trinajstić information content (AvgIpc) is 2.93. The average molecular weight is 274 g/mol. The van der Waals surface area contributed by atoms with Crippen LogP contribution in [0.2, 0.25) is 0 Å². The van der Waals surface area contributed by atoms with Gasteiger partial charge in [0.25, 0.3) is 0 Å². The molecule has 0 saturated heterocycles. The van der Waals surface area contributed by atoms with Gasteiger partial charge in [0, 0.05) is 11.5 Å². The highest BCUT2D eigenvalue weighted by molar-refractivity contribution is 9.10. The largest absolute Gasteiger partial charge is 0.504 e. The van der Waals surface area contributed by atoms with Crippen LogP contribution in [0.5, 0.6) is 5.75 Å². The Hall–Kier alpha value is -0.610. The summed E-state index contributed by atoms with van der Waals surface area (Å²) < 4.78 is 13.7. The van der Waals surface area contributed by atoms with Gasteiger partial charge in [0.15, 0.2) is 11.6 Å². The first-order valence-corrected chi connectivity index (χ1v) is 5.71. The number of aromatic hydroxyl groups is 1. The van der Waals surface area contributed by atoms with Crippen LogP contribution in [0.4, 0.5) is 4.39 Å². The summed E-state index contributed by atoms with van der Waals surface area (Å²) in [5.41, 5.74) is 6.69. The smallest absolute Gasteiger partial charge is 0.166 e. The minimum atomic E-state index is -0.591. The van der Waals surface area contributed by atoms with Crippen LogP contribution in [0.1, 0.15) is 25.3 Å². The molecule has 1 unspecified atom stereocenters. The topological polar surface area (TPSA) is 46.2 Å². The zero-order chi connectivity index (χ0) is 11.2. The molecule has 0 radical (unpaired) electrons. The molecule has 1 aliphatic carbocycles. The molecule has 0 heterocycles. The molecule has 0 spiro atoms. The first-order chi connectivity index (χ1) is 6.97. The van der Waals surface area contributed by atoms with Crippen LogP contribution in [0.15, 0.2) is 16.6 Å². The highest BCUT2D eigenvalue weighted by Gasteiger charge is 2.47. The summed E-state index contributed by atoms with van der Waals surface area (Å²) in [6.07, 6.45) is 1.97. The molecule has 1 fully saturated rings. The molecule has 2 nitrogen and oxygen atoms in total. The van der Waals surface area contributed by atoms with Crippen LogP contribution in [0.25, 0.3) is 0 Å². The highest BCUT2D eigenvalue weighted by Crippen LogP contribution is 2.51. The molecule has 4 heteroatoms. The van der Waals surface area contributed by atoms with Crippen LogP contribution in [-0.2, 0) is 5.41 Å². The molecule has 15 heavy (non-hydrogen) atoms. The van der Waals surface area contributed by atoms with Gasteiger partial charge in [-0.2, -0.15) is 0 Å². The summed E-state index contributed by atoms with van der Waals surface area (Å²) in [6.45, 7) is 1.94. The maximum absolute atomic E-state index is 13.3. The number of rotatable bonds is 2. The summed E-state index contributed by atoms with van der Waals surface area (Å²) >= 11 is 3.14. The third kappa shape index (κ3) is 1.66. The van der Waals surface area contributed by atoms with Crippen LogP contribution < -0.4 is 5.73 Å². The molecule has 1 atom stereocenters. The Morgan fingerprint density at radius 3 is 2.53 bits per heavy atom. The zero-order valence-electron chi connectivity index (χ0n) is 8.43. The lowest BCUT2D eigenvalue weighted by Gasteiger charge is -2.20. The van der Waals surface area contributed by atoms with Crippen molar-refractivity contribution < 1.29 is 9.50 Å². The van der Waals surface area contributed by atoms with Crippen molar-refractivity contribution in [2.24, 2.45) is 5.73 Å². The fraction of sp³-hybridized carbons (Fsp3) is 0.455. The van der Waals surface area contributed by atoms with Crippen molar-refractivity contribution in [1.29, 1.82) is 0 Å². The van der Waals surface area contributed by atoms with Gasteiger partial charge in [0.2, 0.25) is 0 Å². The van der Waals surface area contributed by atoms with Crippen molar-refractivity contribution in [3.05, 3.63) is 28.0 Å². The second-order valence-electron chi connectivity index (χ2n) is 4.23. The molecule has 0 amide bonds. The standard InChI is InChI=1S/C11H13BrFNO/c1-6(14)11(2-3-11)7-4-8(12)10(15)9(13)5-7/h4-6,15H,2-3,14H2,1H3. The van der Waals surface area contributed by atoms with Crippen molar-refractivity contribution in [1.82, 2.24) is 0 Å². The third-order valence-electron chi connectivity index (χ3n) is 3.25. The van der Waals surface area contributed by atoms with E-state index in [0.717, 1.165) is 18.4 Å². The van der Waals surface area contributed by atoms with Crippen molar-refractivity contribution >= 4 is 15.9 Å². The lowest BCUT2D eigenvalue weighted by Crippen LogP contribution is -2.31. The summed E-state index contributed by atoms with van der Waals surface area (Å²) in [6, 6.07) is 3.15. The van der Waals surface area contributed by atoms with Gasteiger partial charge in [0.05, 0.1) is 4.47 Å². The fourth-order valence-corrected chi connectivity index (χ4v) is 2.43. The summed E-state index contributed by atoms with van der Waals surface area (Å²) in [5, 5.41) is 9.30. The monoisotopic (exact) mass is 273 g/mol. The SMILES string of the molecule is CC(N)C1(c2cc(F)c(O)c(Br)c2)CC1. The van der Waals surface area contributed by atoms with Gasteiger partial charge in [-0.25, -0.2) is 4.39 Å². The predicted octanol–water partition coefficient (Wildman–Crippen LogP) is 2.67. The number of hydrogen-bond acceptors (Lipinski definition) is 2. The van der Waals surface area contributed by atoms with E-state index in [1.54, 1.807) is 6.07 Å². The first kappa shape index (κ1) is 10.9. The van der Waals surface area contributed by atoms with Gasteiger partial charge in [0.1, 0.15) is 0 Å². The van der Waals surface area contributed by atoms with Crippen LogP contribution in [0.3, 0.4) is 0 Å². The number of nitrogens with two attached hydrogens (primary N) is 1. The van der Waals surface area contributed by atoms with Crippen LogP contribution >= 0.6 is 15.9 Å². The highest BCUT2D eigenvalue weighted by atomic mass is 79.9. The minimum Gasteiger partial charge on any atom is -0.504 e. The van der Waals surface area contributed by atoms with E-state index in [1.807, 2.05) is 6.92 Å². The maximum atomic E-state index is 13.3. The summed E-state index contributed by atoms with van der Waals surface area (Å²) in [7, 11) is 0. The van der Waals surface area contributed by atoms with Gasteiger partial charge in [-0.3, -0.25) is 0 Å². The lowest BCUT2D eigenvalue weighted by atomic mass is 9.89. The van der Waals surface area contributed by atoms with E-state index in [4.69, 9.17) is 5.73 Å². The normalized spacial score (nSPS) is 20.0. The van der Waals surface area contributed by atoms with E-state index < -0.39 is 5.82 Å². The molecular formula is C11H13BrFNO. The molecule has 2 rings (SSSR count). The van der Waals surface area contributed by atoms with Crippen LogP contribution in [0, 0.1) is 5.82 Å². The van der Waals surface area contributed by atoms with Gasteiger partial charge < -0.3 is 10.8 Å². The van der Waals surface area contributed by atoms with E-state index in [0.29, 0.717) is 4.47 Å². The molecule has 3 N–H and O–H groups in total. The van der Waals surface area contributed by atoms with E-state index in [-0.39, 0.29) is 17.2 Å². The Balaban J connectivity index is 2.47. The van der Waals surface area contributed by atoms with E-state index in [1.165, 1.54) is 6.07 Å². The molecule has 1 aromatic rings. The number of benzene rings is 1. The van der Waals surface area contributed by atoms with Crippen molar-refractivity contribution in [2.45, 2.75) is 31.2 Å². The number of phenolic OH excluding ortho intramolecular Hbond substituents is 1. The molecule has 1 saturated carbocycles. The van der Waals surface area contributed by atoms with Crippen molar-refractivity contribution in [3.63, 3.8) is 0 Å². The molecule has 82 valence electrons. The molecular weight excluding hydrogens is 261 g/mol. The first-order valence-electron chi connectivity index (χ1n) is 4.91. The minimum absolute atomic E-state index is 0.00772. The predicted molar refractivity (Wildman–Crippen MR) is 60.3 cm³/mol. The maximum Gasteiger partial charge on any atom is 0.166 e. The zero-order valence-corrected chi connectivity index (χ0v) is 10.0. The van der Waals surface area contributed by atoms with Crippen LogP contribution in [-0.4, -0.2) is 11.1 Å². The Labute approximate surface area is 96.4 Å². The molecule has 0 aliphatic heterocycles. The second-order valence-corrected chi connectivity index (χ2v) is 5.09. The Morgan fingerprint density at radius 1 is 1.53 bits per heavy atom. The fourth-order valence-electron chi connectivity index (χ4n) is 1.99. The van der Waals surface area contributed by atoms with Gasteiger partial charge in [-0.05, 0) is 53.4 Å². The third-order valence-corrected chi connectivity index (χ3v) is 3.86. The lowest BCUT2D eigenvalue weighted by molar-refractivity contribution is 0.426. The number of halogens is 2. The van der Waals surface area contributed by atoms with E-state index in [2.05, 4.69) is 15.9 Å². The van der Waals surface area contributed by atoms with E-state index >= 15 is 0 Å². The number of hydrogen-bond donors (Lipinski definition) is 2. The van der Waals surface area contributed by atoms with Gasteiger partial charge in [-0.1, -0.05) is 0 Å². The Morgan fingerprint density at radius 2 is 2.13 bits per heavy atom. The van der Waals surface area contributed by atoms with E-state index in [9.17, 15) is 9.50 Å². The molecule has 0 aromatic heterocycles. The molecule has 1 aliphatic rings. The van der Waals surface area contributed by atoms with Crippen molar-refractivity contribution in [2.75, 3.05) is 0 Å². The van der Waals surface area contributed by atoms with Gasteiger partial charge in [-0.15, -0.1) is 0 Å². The number of phenols is 1. The summed E-state index contributed by atoms with van der Waals surface area (Å²) in [5.74, 6) is -0.925. The Kier molecular flexibility index (Phi) is 2.51. The van der Waals surface area contributed by atoms with Crippen molar-refractivity contribution in [3.8, 4) is 5.75 Å². The second kappa shape index (κ2) is 3.46. The quantitative estimate of drug-likeness (QED) is 0.871.